The van der Waals surface area contributed by atoms with Gasteiger partial charge in [-0.05, 0) is 57.3 Å². The van der Waals surface area contributed by atoms with Crippen LogP contribution < -0.4 is 0 Å². The number of fused-ring (bicyclic) bond motifs is 3. The first-order valence-electron chi connectivity index (χ1n) is 5.39. The number of benzene rings is 3. The highest BCUT2D eigenvalue weighted by Gasteiger charge is 2.19. The van der Waals surface area contributed by atoms with Crippen LogP contribution in [0, 0.1) is 12.1 Å². The van der Waals surface area contributed by atoms with Crippen LogP contribution in [0.5, 0.6) is 0 Å². The van der Waals surface area contributed by atoms with Gasteiger partial charge >= 0.3 is 0 Å². The molecule has 0 saturated carbocycles. The zero-order valence-electron chi connectivity index (χ0n) is 8.62. The van der Waals surface area contributed by atoms with Crippen LogP contribution >= 0.6 is 0 Å². The van der Waals surface area contributed by atoms with E-state index in [-0.39, 0.29) is 0 Å². The van der Waals surface area contributed by atoms with Crippen molar-refractivity contribution in [2.45, 2.75) is 0 Å². The second kappa shape index (κ2) is 2.73. The molecule has 3 aromatic rings. The summed E-state index contributed by atoms with van der Waals surface area (Å²) in [6, 6.07) is 23.2. The van der Waals surface area contributed by atoms with E-state index in [1.165, 1.54) is 33.0 Å². The maximum Gasteiger partial charge on any atom is -0.00195 e. The molecule has 0 atom stereocenters. The van der Waals surface area contributed by atoms with Crippen LogP contribution in [0.15, 0.2) is 48.5 Å². The molecule has 0 spiro atoms. The Kier molecular flexibility index (Phi) is 1.39. The fraction of sp³-hybridized carbons (Fsp3) is 0. The van der Waals surface area contributed by atoms with Crippen LogP contribution in [0.1, 0.15) is 0 Å². The molecule has 0 unspecified atom stereocenters. The molecule has 1 aliphatic carbocycles. The third kappa shape index (κ3) is 0.849. The molecule has 72 valence electrons. The Morgan fingerprint density at radius 3 is 2.50 bits per heavy atom. The lowest BCUT2D eigenvalue weighted by atomic mass is 10.0. The van der Waals surface area contributed by atoms with Crippen molar-refractivity contribution in [3.8, 4) is 22.3 Å². The van der Waals surface area contributed by atoms with Gasteiger partial charge in [-0.15, -0.1) is 0 Å². The zero-order chi connectivity index (χ0) is 10.5. The van der Waals surface area contributed by atoms with Gasteiger partial charge in [0.2, 0.25) is 0 Å². The van der Waals surface area contributed by atoms with Gasteiger partial charge in [-0.25, -0.2) is 0 Å². The maximum absolute atomic E-state index is 3.30. The third-order valence-corrected chi connectivity index (χ3v) is 3.26. The molecular weight excluding hydrogens is 192 g/mol. The van der Waals surface area contributed by atoms with Crippen LogP contribution in [0.25, 0.3) is 33.0 Å². The van der Waals surface area contributed by atoms with Gasteiger partial charge in [-0.1, -0.05) is 36.4 Å². The van der Waals surface area contributed by atoms with E-state index < -0.39 is 0 Å². The third-order valence-electron chi connectivity index (χ3n) is 3.26. The van der Waals surface area contributed by atoms with E-state index in [2.05, 4.69) is 54.6 Å². The van der Waals surface area contributed by atoms with Gasteiger partial charge in [0, 0.05) is 0 Å². The quantitative estimate of drug-likeness (QED) is 0.401. The van der Waals surface area contributed by atoms with Crippen molar-refractivity contribution in [3.05, 3.63) is 60.7 Å². The van der Waals surface area contributed by atoms with Crippen LogP contribution in [-0.2, 0) is 0 Å². The fourth-order valence-corrected chi connectivity index (χ4v) is 2.60. The summed E-state index contributed by atoms with van der Waals surface area (Å²) in [5.74, 6) is 0. The van der Waals surface area contributed by atoms with Crippen LogP contribution in [0.3, 0.4) is 0 Å². The Balaban J connectivity index is 2.31. The average Bonchev–Trinajstić information content (AvgIpc) is 2.68. The van der Waals surface area contributed by atoms with E-state index in [9.17, 15) is 0 Å². The predicted molar refractivity (Wildman–Crippen MR) is 66.1 cm³/mol. The lowest BCUT2D eigenvalue weighted by Gasteiger charge is -2.00. The highest BCUT2D eigenvalue weighted by molar-refractivity contribution is 6.14. The maximum atomic E-state index is 3.30. The first kappa shape index (κ1) is 8.12. The SMILES string of the molecule is [c]1c[c]c2c(c1)-c1cccc3cccc-2c13. The Labute approximate surface area is 94.2 Å². The van der Waals surface area contributed by atoms with Crippen molar-refractivity contribution in [1.29, 1.82) is 0 Å². The summed E-state index contributed by atoms with van der Waals surface area (Å²) in [5.41, 5.74) is 5.09. The lowest BCUT2D eigenvalue weighted by molar-refractivity contribution is 1.67. The minimum Gasteiger partial charge on any atom is -0.0610 e. The van der Waals surface area contributed by atoms with Crippen molar-refractivity contribution >= 4 is 10.8 Å². The second-order valence-electron chi connectivity index (χ2n) is 4.10. The fourth-order valence-electron chi connectivity index (χ4n) is 2.60. The van der Waals surface area contributed by atoms with E-state index in [4.69, 9.17) is 0 Å². The van der Waals surface area contributed by atoms with Crippen LogP contribution in [-0.4, -0.2) is 0 Å². The molecule has 0 aromatic heterocycles. The monoisotopic (exact) mass is 200 g/mol. The van der Waals surface area contributed by atoms with Crippen molar-refractivity contribution in [1.82, 2.24) is 0 Å². The number of hydrogen-bond acceptors (Lipinski definition) is 0. The smallest absolute Gasteiger partial charge is 0.00195 e. The summed E-state index contributed by atoms with van der Waals surface area (Å²) in [7, 11) is 0. The second-order valence-corrected chi connectivity index (χ2v) is 4.10. The number of hydrogen-bond donors (Lipinski definition) is 0. The topological polar surface area (TPSA) is 0 Å². The molecule has 0 N–H and O–H groups in total. The Morgan fingerprint density at radius 2 is 1.62 bits per heavy atom. The van der Waals surface area contributed by atoms with Gasteiger partial charge < -0.3 is 0 Å². The first-order chi connectivity index (χ1) is 7.95. The van der Waals surface area contributed by atoms with Crippen molar-refractivity contribution in [2.75, 3.05) is 0 Å². The van der Waals surface area contributed by atoms with Gasteiger partial charge in [-0.3, -0.25) is 0 Å². The van der Waals surface area contributed by atoms with E-state index in [1.807, 2.05) is 6.07 Å². The minimum absolute atomic E-state index is 1.21. The molecular formula is C16H8. The largest absolute Gasteiger partial charge is 0.0610 e. The molecule has 0 bridgehead atoms. The van der Waals surface area contributed by atoms with Crippen LogP contribution in [0.4, 0.5) is 0 Å². The van der Waals surface area contributed by atoms with E-state index in [0.29, 0.717) is 0 Å². The van der Waals surface area contributed by atoms with Gasteiger partial charge in [0.1, 0.15) is 0 Å². The van der Waals surface area contributed by atoms with Gasteiger partial charge in [0.25, 0.3) is 0 Å². The Morgan fingerprint density at radius 1 is 0.812 bits per heavy atom. The molecule has 0 saturated heterocycles. The summed E-state index contributed by atoms with van der Waals surface area (Å²) >= 11 is 0. The summed E-state index contributed by atoms with van der Waals surface area (Å²) in [4.78, 5) is 0. The molecule has 4 rings (SSSR count). The predicted octanol–water partition coefficient (Wildman–Crippen LogP) is 4.09. The van der Waals surface area contributed by atoms with Crippen molar-refractivity contribution < 1.29 is 0 Å². The summed E-state index contributed by atoms with van der Waals surface area (Å²) in [6.45, 7) is 0. The summed E-state index contributed by atoms with van der Waals surface area (Å²) in [5, 5.41) is 2.66. The lowest BCUT2D eigenvalue weighted by Crippen LogP contribution is -1.74. The molecule has 0 fully saturated rings. The average molecular weight is 200 g/mol. The highest BCUT2D eigenvalue weighted by Crippen LogP contribution is 2.46. The molecule has 1 aliphatic rings. The molecule has 3 aromatic carbocycles. The summed E-state index contributed by atoms with van der Waals surface area (Å²) < 4.78 is 0. The Hall–Kier alpha value is -2.08. The summed E-state index contributed by atoms with van der Waals surface area (Å²) in [6.07, 6.45) is 0. The molecule has 0 amide bonds. The van der Waals surface area contributed by atoms with Gasteiger partial charge in [0.05, 0.1) is 0 Å². The van der Waals surface area contributed by atoms with E-state index in [0.717, 1.165) is 0 Å². The molecule has 0 heterocycles. The highest BCUT2D eigenvalue weighted by atomic mass is 14.2. The van der Waals surface area contributed by atoms with Crippen LogP contribution in [0.2, 0.25) is 0 Å². The molecule has 0 nitrogen and oxygen atoms in total. The number of rotatable bonds is 0. The molecule has 0 heteroatoms. The normalized spacial score (nSPS) is 11.8. The van der Waals surface area contributed by atoms with Crippen molar-refractivity contribution in [3.63, 3.8) is 0 Å². The molecule has 0 aliphatic heterocycles. The molecule has 2 radical (unpaired) electrons. The first-order valence-corrected chi connectivity index (χ1v) is 5.39. The minimum atomic E-state index is 1.21. The van der Waals surface area contributed by atoms with E-state index >= 15 is 0 Å². The zero-order valence-corrected chi connectivity index (χ0v) is 8.62. The van der Waals surface area contributed by atoms with Gasteiger partial charge in [-0.2, -0.15) is 0 Å². The molecule has 16 heavy (non-hydrogen) atoms. The van der Waals surface area contributed by atoms with E-state index in [1.54, 1.807) is 0 Å². The standard InChI is InChI=1S/C16H8/c1-2-8-13-12(7-1)14-9-3-5-11-6-4-10-15(13)16(11)14/h1,3-6,8-10H. The Bertz CT molecular complexity index is 650. The van der Waals surface area contributed by atoms with Crippen molar-refractivity contribution in [2.24, 2.45) is 0 Å². The van der Waals surface area contributed by atoms with Gasteiger partial charge in [0.15, 0.2) is 0 Å².